The Hall–Kier alpha value is -3.37. The second-order valence-electron chi connectivity index (χ2n) is 7.25. The van der Waals surface area contributed by atoms with Crippen molar-refractivity contribution >= 4 is 28.1 Å². The van der Waals surface area contributed by atoms with Crippen LogP contribution in [-0.2, 0) is 13.2 Å². The van der Waals surface area contributed by atoms with Gasteiger partial charge in [-0.3, -0.25) is 0 Å². The quantitative estimate of drug-likeness (QED) is 0.257. The molecule has 0 radical (unpaired) electrons. The average Bonchev–Trinajstić information content (AvgIpc) is 3.22. The van der Waals surface area contributed by atoms with Gasteiger partial charge in [0, 0.05) is 0 Å². The van der Waals surface area contributed by atoms with Crippen molar-refractivity contribution in [1.82, 2.24) is 14.9 Å². The lowest BCUT2D eigenvalue weighted by Crippen LogP contribution is -2.16. The summed E-state index contributed by atoms with van der Waals surface area (Å²) in [6.07, 6.45) is 0. The van der Waals surface area contributed by atoms with Gasteiger partial charge in [0.05, 0.1) is 30.8 Å². The monoisotopic (exact) mass is 544 g/mol. The fourth-order valence-electron chi connectivity index (χ4n) is 3.38. The minimum Gasteiger partial charge on any atom is -0.496 e. The number of rotatable bonds is 9. The van der Waals surface area contributed by atoms with E-state index in [1.165, 1.54) is 12.1 Å². The van der Waals surface area contributed by atoms with Crippen LogP contribution < -0.4 is 19.6 Å². The lowest BCUT2D eigenvalue weighted by atomic mass is 10.2. The van der Waals surface area contributed by atoms with Crippen molar-refractivity contribution < 1.29 is 18.6 Å². The van der Waals surface area contributed by atoms with E-state index < -0.39 is 0 Å². The third-order valence-electron chi connectivity index (χ3n) is 5.05. The summed E-state index contributed by atoms with van der Waals surface area (Å²) >= 11 is 8.99. The van der Waals surface area contributed by atoms with Gasteiger partial charge in [-0.15, -0.1) is 0 Å². The van der Waals surface area contributed by atoms with Crippen molar-refractivity contribution in [3.05, 3.63) is 86.9 Å². The van der Waals surface area contributed by atoms with Crippen LogP contribution in [0, 0.1) is 10.6 Å². The zero-order valence-electron chi connectivity index (χ0n) is 18.5. The highest BCUT2D eigenvalue weighted by atomic mass is 79.9. The first-order chi connectivity index (χ1) is 16.5. The number of methoxy groups -OCH3 is 2. The van der Waals surface area contributed by atoms with E-state index in [9.17, 15) is 4.39 Å². The largest absolute Gasteiger partial charge is 0.496 e. The zero-order chi connectivity index (χ0) is 24.1. The van der Waals surface area contributed by atoms with Gasteiger partial charge in [-0.25, -0.2) is 14.2 Å². The number of para-hydroxylation sites is 1. The number of aromatic nitrogens is 3. The average molecular weight is 545 g/mol. The number of hydrogen-bond donors (Lipinski definition) is 2. The molecular formula is C24H22BrFN4O3S. The van der Waals surface area contributed by atoms with Gasteiger partial charge >= 0.3 is 0 Å². The predicted molar refractivity (Wildman–Crippen MR) is 134 cm³/mol. The number of benzene rings is 3. The summed E-state index contributed by atoms with van der Waals surface area (Å²) in [5.41, 5.74) is 5.87. The number of hydrogen-bond acceptors (Lipinski definition) is 6. The van der Waals surface area contributed by atoms with Crippen LogP contribution in [0.4, 0.5) is 4.39 Å². The highest BCUT2D eigenvalue weighted by Crippen LogP contribution is 2.37. The first kappa shape index (κ1) is 23.8. The molecule has 0 bridgehead atoms. The standard InChI is InChI=1S/C24H22BrFN4O3S/c1-31-20-6-4-3-5-18(20)23-28-29-24(34)30(23)27-13-16-11-19(25)22(21(12-16)32-2)33-14-15-7-9-17(26)10-8-15/h3-12,27H,13-14H2,1-2H3,(H,29,34). The van der Waals surface area contributed by atoms with E-state index in [1.807, 2.05) is 36.4 Å². The lowest BCUT2D eigenvalue weighted by molar-refractivity contribution is 0.282. The van der Waals surface area contributed by atoms with E-state index in [2.05, 4.69) is 31.6 Å². The number of halogens is 2. The van der Waals surface area contributed by atoms with E-state index in [0.29, 0.717) is 34.4 Å². The molecule has 0 saturated heterocycles. The van der Waals surface area contributed by atoms with Crippen LogP contribution in [-0.4, -0.2) is 29.1 Å². The zero-order valence-corrected chi connectivity index (χ0v) is 20.9. The van der Waals surface area contributed by atoms with Crippen molar-refractivity contribution in [2.45, 2.75) is 13.2 Å². The Morgan fingerprint density at radius 1 is 1.03 bits per heavy atom. The molecule has 0 unspecified atom stereocenters. The van der Waals surface area contributed by atoms with Crippen LogP contribution in [0.3, 0.4) is 0 Å². The molecule has 2 N–H and O–H groups in total. The Morgan fingerprint density at radius 3 is 2.50 bits per heavy atom. The molecule has 7 nitrogen and oxygen atoms in total. The molecule has 4 rings (SSSR count). The number of nitrogens with zero attached hydrogens (tertiary/aromatic N) is 2. The molecule has 4 aromatic rings. The Morgan fingerprint density at radius 2 is 1.76 bits per heavy atom. The maximum absolute atomic E-state index is 13.1. The van der Waals surface area contributed by atoms with Gasteiger partial charge in [-0.1, -0.05) is 24.3 Å². The van der Waals surface area contributed by atoms with Gasteiger partial charge in [0.1, 0.15) is 18.2 Å². The number of nitrogens with one attached hydrogen (secondary N) is 2. The summed E-state index contributed by atoms with van der Waals surface area (Å²) in [5, 5.41) is 7.18. The fourth-order valence-corrected chi connectivity index (χ4v) is 4.18. The van der Waals surface area contributed by atoms with E-state index in [1.54, 1.807) is 31.0 Å². The molecule has 34 heavy (non-hydrogen) atoms. The number of ether oxygens (including phenoxy) is 3. The third-order valence-corrected chi connectivity index (χ3v) is 5.91. The van der Waals surface area contributed by atoms with Crippen LogP contribution in [0.2, 0.25) is 0 Å². The highest BCUT2D eigenvalue weighted by molar-refractivity contribution is 9.10. The van der Waals surface area contributed by atoms with E-state index in [-0.39, 0.29) is 12.4 Å². The molecule has 0 saturated carbocycles. The third kappa shape index (κ3) is 5.23. The second kappa shape index (κ2) is 10.7. The van der Waals surface area contributed by atoms with Crippen LogP contribution in [0.15, 0.2) is 65.1 Å². The molecule has 0 spiro atoms. The van der Waals surface area contributed by atoms with Crippen molar-refractivity contribution in [1.29, 1.82) is 0 Å². The molecule has 0 atom stereocenters. The van der Waals surface area contributed by atoms with Gasteiger partial charge < -0.3 is 19.6 Å². The molecule has 3 aromatic carbocycles. The second-order valence-corrected chi connectivity index (χ2v) is 8.49. The molecule has 1 aromatic heterocycles. The van der Waals surface area contributed by atoms with Gasteiger partial charge in [-0.2, -0.15) is 5.10 Å². The first-order valence-electron chi connectivity index (χ1n) is 10.3. The highest BCUT2D eigenvalue weighted by Gasteiger charge is 2.15. The van der Waals surface area contributed by atoms with E-state index in [0.717, 1.165) is 21.2 Å². The number of H-pyrrole nitrogens is 1. The number of aromatic amines is 1. The summed E-state index contributed by atoms with van der Waals surface area (Å²) in [7, 11) is 3.19. The van der Waals surface area contributed by atoms with Gasteiger partial charge in [0.2, 0.25) is 4.77 Å². The minimum absolute atomic E-state index is 0.277. The molecular weight excluding hydrogens is 523 g/mol. The summed E-state index contributed by atoms with van der Waals surface area (Å²) in [4.78, 5) is 0. The first-order valence-corrected chi connectivity index (χ1v) is 11.5. The molecule has 0 fully saturated rings. The maximum Gasteiger partial charge on any atom is 0.214 e. The van der Waals surface area contributed by atoms with Gasteiger partial charge in [-0.05, 0) is 75.7 Å². The molecule has 0 amide bonds. The Labute approximate surface area is 209 Å². The molecule has 0 aliphatic heterocycles. The SMILES string of the molecule is COc1ccccc1-c1n[nH]c(=S)n1NCc1cc(Br)c(OCc2ccc(F)cc2)c(OC)c1. The van der Waals surface area contributed by atoms with Crippen LogP contribution >= 0.6 is 28.1 Å². The molecule has 176 valence electrons. The Balaban J connectivity index is 1.53. The lowest BCUT2D eigenvalue weighted by Gasteiger charge is -2.16. The van der Waals surface area contributed by atoms with Crippen LogP contribution in [0.5, 0.6) is 17.2 Å². The molecule has 0 aliphatic rings. The van der Waals surface area contributed by atoms with Crippen molar-refractivity contribution in [2.24, 2.45) is 0 Å². The van der Waals surface area contributed by atoms with Gasteiger partial charge in [0.15, 0.2) is 17.3 Å². The van der Waals surface area contributed by atoms with E-state index >= 15 is 0 Å². The fraction of sp³-hybridized carbons (Fsp3) is 0.167. The van der Waals surface area contributed by atoms with Crippen LogP contribution in [0.1, 0.15) is 11.1 Å². The normalized spacial score (nSPS) is 10.7. The minimum atomic E-state index is -0.286. The Kier molecular flexibility index (Phi) is 7.49. The Bertz CT molecular complexity index is 1340. The van der Waals surface area contributed by atoms with Crippen LogP contribution in [0.25, 0.3) is 11.4 Å². The van der Waals surface area contributed by atoms with Crippen molar-refractivity contribution in [3.8, 4) is 28.6 Å². The molecule has 1 heterocycles. The van der Waals surface area contributed by atoms with Crippen molar-refractivity contribution in [2.75, 3.05) is 19.6 Å². The predicted octanol–water partition coefficient (Wildman–Crippen LogP) is 5.85. The van der Waals surface area contributed by atoms with Crippen molar-refractivity contribution in [3.63, 3.8) is 0 Å². The molecule has 0 aliphatic carbocycles. The summed E-state index contributed by atoms with van der Waals surface area (Å²) < 4.78 is 33.0. The topological polar surface area (TPSA) is 73.3 Å². The van der Waals surface area contributed by atoms with E-state index in [4.69, 9.17) is 26.4 Å². The molecule has 10 heteroatoms. The maximum atomic E-state index is 13.1. The summed E-state index contributed by atoms with van der Waals surface area (Å²) in [5.74, 6) is 2.13. The summed E-state index contributed by atoms with van der Waals surface area (Å²) in [6.45, 7) is 0.711. The summed E-state index contributed by atoms with van der Waals surface area (Å²) in [6, 6.07) is 17.6. The van der Waals surface area contributed by atoms with Gasteiger partial charge in [0.25, 0.3) is 0 Å². The smallest absolute Gasteiger partial charge is 0.214 e.